The average Bonchev–Trinajstić information content (AvgIpc) is 3.05. The lowest BCUT2D eigenvalue weighted by Crippen LogP contribution is -2.38. The normalized spacial score (nSPS) is 11.7. The number of H-pyrrole nitrogens is 1. The first-order valence-electron chi connectivity index (χ1n) is 8.86. The van der Waals surface area contributed by atoms with Crippen LogP contribution in [0, 0.1) is 12.7 Å². The zero-order valence-corrected chi connectivity index (χ0v) is 15.1. The molecule has 0 fully saturated rings. The maximum Gasteiger partial charge on any atom is 0.191 e. The van der Waals surface area contributed by atoms with E-state index in [4.69, 9.17) is 0 Å². The molecule has 3 N–H and O–H groups in total. The third kappa shape index (κ3) is 4.59. The molecule has 0 saturated carbocycles. The van der Waals surface area contributed by atoms with E-state index in [-0.39, 0.29) is 5.82 Å². The molecule has 0 atom stereocenters. The third-order valence-corrected chi connectivity index (χ3v) is 4.09. The van der Waals surface area contributed by atoms with E-state index in [0.717, 1.165) is 35.4 Å². The summed E-state index contributed by atoms with van der Waals surface area (Å²) in [6.45, 7) is 5.66. The van der Waals surface area contributed by atoms with Crippen molar-refractivity contribution in [2.45, 2.75) is 26.8 Å². The maximum absolute atomic E-state index is 13.6. The van der Waals surface area contributed by atoms with Crippen LogP contribution in [-0.2, 0) is 13.0 Å². The molecular weight excluding hydrogens is 329 g/mol. The largest absolute Gasteiger partial charge is 0.357 e. The molecule has 0 bridgehead atoms. The molecule has 6 heteroatoms. The summed E-state index contributed by atoms with van der Waals surface area (Å²) >= 11 is 0. The Morgan fingerprint density at radius 3 is 2.81 bits per heavy atom. The van der Waals surface area contributed by atoms with Gasteiger partial charge in [-0.25, -0.2) is 14.4 Å². The van der Waals surface area contributed by atoms with Gasteiger partial charge in [-0.3, -0.25) is 0 Å². The Morgan fingerprint density at radius 2 is 2.04 bits per heavy atom. The van der Waals surface area contributed by atoms with E-state index in [1.807, 2.05) is 37.3 Å². The van der Waals surface area contributed by atoms with Gasteiger partial charge in [-0.2, -0.15) is 0 Å². The van der Waals surface area contributed by atoms with Gasteiger partial charge in [-0.1, -0.05) is 24.3 Å². The number of benzene rings is 2. The molecular formula is C20H24FN5. The molecule has 3 rings (SSSR count). The van der Waals surface area contributed by atoms with Gasteiger partial charge in [-0.15, -0.1) is 0 Å². The van der Waals surface area contributed by atoms with Crippen LogP contribution >= 0.6 is 0 Å². The number of nitrogens with zero attached hydrogens (tertiary/aromatic N) is 2. The lowest BCUT2D eigenvalue weighted by Gasteiger charge is -2.10. The van der Waals surface area contributed by atoms with Crippen molar-refractivity contribution in [3.05, 3.63) is 65.2 Å². The number of aromatic amines is 1. The second-order valence-electron chi connectivity index (χ2n) is 6.16. The van der Waals surface area contributed by atoms with Crippen LogP contribution in [0.15, 0.2) is 47.5 Å². The monoisotopic (exact) mass is 353 g/mol. The standard InChI is InChI=1S/C20H24FN5/c1-3-22-20(24-13-15-9-8-14(2)16(21)12-15)23-11-10-19-25-17-6-4-5-7-18(17)26-19/h4-9,12H,3,10-11,13H2,1-2H3,(H,25,26)(H2,22,23,24). The summed E-state index contributed by atoms with van der Waals surface area (Å²) in [5.41, 5.74) is 3.52. The molecule has 1 aromatic heterocycles. The van der Waals surface area contributed by atoms with Crippen molar-refractivity contribution < 1.29 is 4.39 Å². The zero-order chi connectivity index (χ0) is 18.4. The number of aromatic nitrogens is 2. The minimum Gasteiger partial charge on any atom is -0.357 e. The summed E-state index contributed by atoms with van der Waals surface area (Å²) < 4.78 is 13.6. The average molecular weight is 353 g/mol. The first-order valence-corrected chi connectivity index (χ1v) is 8.86. The molecule has 0 aliphatic rings. The van der Waals surface area contributed by atoms with Crippen LogP contribution < -0.4 is 10.6 Å². The molecule has 0 aliphatic carbocycles. The topological polar surface area (TPSA) is 65.1 Å². The molecule has 1 heterocycles. The molecule has 26 heavy (non-hydrogen) atoms. The van der Waals surface area contributed by atoms with Crippen molar-refractivity contribution in [2.24, 2.45) is 4.99 Å². The Balaban J connectivity index is 1.57. The Morgan fingerprint density at radius 1 is 1.19 bits per heavy atom. The SMILES string of the molecule is CCNC(=NCc1ccc(C)c(F)c1)NCCc1nc2ccccc2[nH]1. The van der Waals surface area contributed by atoms with Crippen LogP contribution in [0.3, 0.4) is 0 Å². The van der Waals surface area contributed by atoms with E-state index in [2.05, 4.69) is 25.6 Å². The molecule has 0 saturated heterocycles. The molecule has 3 aromatic rings. The van der Waals surface area contributed by atoms with Gasteiger partial charge in [0.1, 0.15) is 11.6 Å². The van der Waals surface area contributed by atoms with Gasteiger partial charge in [0.05, 0.1) is 17.6 Å². The number of guanidine groups is 1. The number of fused-ring (bicyclic) bond motifs is 1. The predicted molar refractivity (Wildman–Crippen MR) is 104 cm³/mol. The second kappa shape index (κ2) is 8.47. The zero-order valence-electron chi connectivity index (χ0n) is 15.1. The Labute approximate surface area is 152 Å². The van der Waals surface area contributed by atoms with Gasteiger partial charge in [0.15, 0.2) is 5.96 Å². The number of aliphatic imine (C=N–C) groups is 1. The third-order valence-electron chi connectivity index (χ3n) is 4.09. The Hall–Kier alpha value is -2.89. The number of halogens is 1. The van der Waals surface area contributed by atoms with E-state index >= 15 is 0 Å². The smallest absolute Gasteiger partial charge is 0.191 e. The molecule has 0 amide bonds. The van der Waals surface area contributed by atoms with Crippen molar-refractivity contribution in [1.82, 2.24) is 20.6 Å². The van der Waals surface area contributed by atoms with Crippen LogP contribution in [0.2, 0.25) is 0 Å². The highest BCUT2D eigenvalue weighted by Crippen LogP contribution is 2.11. The highest BCUT2D eigenvalue weighted by molar-refractivity contribution is 5.79. The van der Waals surface area contributed by atoms with Crippen LogP contribution in [0.25, 0.3) is 11.0 Å². The number of nitrogens with one attached hydrogen (secondary N) is 3. The van der Waals surface area contributed by atoms with Gasteiger partial charge in [-0.05, 0) is 43.2 Å². The van der Waals surface area contributed by atoms with E-state index in [1.165, 1.54) is 6.07 Å². The number of rotatable bonds is 6. The van der Waals surface area contributed by atoms with E-state index in [9.17, 15) is 4.39 Å². The minimum absolute atomic E-state index is 0.194. The molecule has 0 unspecified atom stereocenters. The van der Waals surface area contributed by atoms with Crippen LogP contribution in [0.4, 0.5) is 4.39 Å². The van der Waals surface area contributed by atoms with Crippen molar-refractivity contribution >= 4 is 17.0 Å². The number of hydrogen-bond acceptors (Lipinski definition) is 2. The van der Waals surface area contributed by atoms with Gasteiger partial charge < -0.3 is 15.6 Å². The summed E-state index contributed by atoms with van der Waals surface area (Å²) in [6, 6.07) is 13.2. The second-order valence-corrected chi connectivity index (χ2v) is 6.16. The predicted octanol–water partition coefficient (Wildman–Crippen LogP) is 3.31. The van der Waals surface area contributed by atoms with Crippen LogP contribution in [0.5, 0.6) is 0 Å². The van der Waals surface area contributed by atoms with Gasteiger partial charge in [0, 0.05) is 19.5 Å². The van der Waals surface area contributed by atoms with Crippen molar-refractivity contribution in [3.8, 4) is 0 Å². The first-order chi connectivity index (χ1) is 12.7. The van der Waals surface area contributed by atoms with E-state index < -0.39 is 0 Å². The highest BCUT2D eigenvalue weighted by Gasteiger charge is 2.04. The highest BCUT2D eigenvalue weighted by atomic mass is 19.1. The summed E-state index contributed by atoms with van der Waals surface area (Å²) in [5, 5.41) is 6.50. The van der Waals surface area contributed by atoms with Crippen LogP contribution in [0.1, 0.15) is 23.9 Å². The molecule has 2 aromatic carbocycles. The minimum atomic E-state index is -0.194. The Bertz CT molecular complexity index is 867. The quantitative estimate of drug-likeness (QED) is 0.470. The number of hydrogen-bond donors (Lipinski definition) is 3. The number of aryl methyl sites for hydroxylation is 1. The number of imidazole rings is 1. The van der Waals surface area contributed by atoms with E-state index in [1.54, 1.807) is 13.0 Å². The molecule has 5 nitrogen and oxygen atoms in total. The lowest BCUT2D eigenvalue weighted by molar-refractivity contribution is 0.616. The summed E-state index contributed by atoms with van der Waals surface area (Å²) in [7, 11) is 0. The molecule has 0 aliphatic heterocycles. The molecule has 0 radical (unpaired) electrons. The fourth-order valence-electron chi connectivity index (χ4n) is 2.67. The first kappa shape index (κ1) is 17.9. The van der Waals surface area contributed by atoms with Gasteiger partial charge >= 0.3 is 0 Å². The van der Waals surface area contributed by atoms with E-state index in [0.29, 0.717) is 24.6 Å². The van der Waals surface area contributed by atoms with Crippen molar-refractivity contribution in [3.63, 3.8) is 0 Å². The van der Waals surface area contributed by atoms with Gasteiger partial charge in [0.2, 0.25) is 0 Å². The fraction of sp³-hybridized carbons (Fsp3) is 0.300. The van der Waals surface area contributed by atoms with Crippen LogP contribution in [-0.4, -0.2) is 29.0 Å². The molecule has 0 spiro atoms. The van der Waals surface area contributed by atoms with Crippen molar-refractivity contribution in [2.75, 3.05) is 13.1 Å². The Kier molecular flexibility index (Phi) is 5.84. The maximum atomic E-state index is 13.6. The summed E-state index contributed by atoms with van der Waals surface area (Å²) in [5.74, 6) is 1.46. The lowest BCUT2D eigenvalue weighted by atomic mass is 10.1. The summed E-state index contributed by atoms with van der Waals surface area (Å²) in [4.78, 5) is 12.4. The fourth-order valence-corrected chi connectivity index (χ4v) is 2.67. The van der Waals surface area contributed by atoms with Gasteiger partial charge in [0.25, 0.3) is 0 Å². The van der Waals surface area contributed by atoms with Crippen molar-refractivity contribution in [1.29, 1.82) is 0 Å². The summed E-state index contributed by atoms with van der Waals surface area (Å²) in [6.07, 6.45) is 0.762. The molecule has 136 valence electrons. The number of para-hydroxylation sites is 2.